The monoisotopic (exact) mass is 412 g/mol. The highest BCUT2D eigenvalue weighted by Crippen LogP contribution is 2.30. The van der Waals surface area contributed by atoms with E-state index in [0.717, 1.165) is 33.0 Å². The molecule has 5 rings (SSSR count). The maximum absolute atomic E-state index is 13.0. The first kappa shape index (κ1) is 18.6. The van der Waals surface area contributed by atoms with Gasteiger partial charge in [0.05, 0.1) is 18.8 Å². The van der Waals surface area contributed by atoms with E-state index < -0.39 is 5.79 Å². The molecule has 3 aromatic rings. The van der Waals surface area contributed by atoms with Crippen LogP contribution in [0.15, 0.2) is 30.3 Å². The van der Waals surface area contributed by atoms with Crippen molar-refractivity contribution < 1.29 is 14.3 Å². The van der Waals surface area contributed by atoms with Crippen molar-refractivity contribution in [3.05, 3.63) is 46.6 Å². The summed E-state index contributed by atoms with van der Waals surface area (Å²) in [5.74, 6) is -0.480. The van der Waals surface area contributed by atoms with Crippen LogP contribution < -0.4 is 5.32 Å². The third kappa shape index (κ3) is 3.75. The van der Waals surface area contributed by atoms with E-state index in [0.29, 0.717) is 31.9 Å². The van der Waals surface area contributed by atoms with Crippen molar-refractivity contribution in [3.8, 4) is 0 Å². The fourth-order valence-electron chi connectivity index (χ4n) is 3.87. The predicted molar refractivity (Wildman–Crippen MR) is 112 cm³/mol. The number of para-hydroxylation sites is 1. The van der Waals surface area contributed by atoms with Crippen LogP contribution in [0.25, 0.3) is 10.9 Å². The average Bonchev–Trinajstić information content (AvgIpc) is 3.40. The number of aromatic amines is 1. The minimum atomic E-state index is -0.516. The lowest BCUT2D eigenvalue weighted by molar-refractivity contribution is -0.136. The van der Waals surface area contributed by atoms with Crippen molar-refractivity contribution in [2.24, 2.45) is 0 Å². The van der Waals surface area contributed by atoms with Gasteiger partial charge in [0.15, 0.2) is 10.9 Å². The molecule has 2 aliphatic heterocycles. The predicted octanol–water partition coefficient (Wildman–Crippen LogP) is 3.39. The molecule has 1 unspecified atom stereocenters. The van der Waals surface area contributed by atoms with Crippen LogP contribution in [0.2, 0.25) is 0 Å². The standard InChI is InChI=1S/C21H24N4O3S/c1-21(2)27-12-14(28-21)10-22-20-24-16-7-8-25(11-18(16)29-20)19(26)17-9-13-5-3-4-6-15(13)23-17/h3-6,9,14,23H,7-8,10-12H2,1-2H3,(H,22,24). The molecule has 0 spiro atoms. The first-order valence-electron chi connectivity index (χ1n) is 9.88. The second-order valence-electron chi connectivity index (χ2n) is 7.97. The Morgan fingerprint density at radius 2 is 2.28 bits per heavy atom. The normalized spacial score (nSPS) is 20.8. The Bertz CT molecular complexity index is 1020. The second-order valence-corrected chi connectivity index (χ2v) is 9.05. The van der Waals surface area contributed by atoms with Crippen molar-refractivity contribution in [1.29, 1.82) is 0 Å². The van der Waals surface area contributed by atoms with Crippen LogP contribution in [-0.2, 0) is 22.4 Å². The van der Waals surface area contributed by atoms with Gasteiger partial charge in [0.2, 0.25) is 0 Å². The molecule has 0 saturated carbocycles. The number of nitrogens with zero attached hydrogens (tertiary/aromatic N) is 2. The van der Waals surface area contributed by atoms with Crippen LogP contribution in [0.5, 0.6) is 0 Å². The second kappa shape index (κ2) is 7.12. The van der Waals surface area contributed by atoms with Gasteiger partial charge in [-0.25, -0.2) is 4.98 Å². The summed E-state index contributed by atoms with van der Waals surface area (Å²) in [6.07, 6.45) is 0.793. The molecule has 8 heteroatoms. The molecule has 2 aromatic heterocycles. The number of H-pyrrole nitrogens is 1. The average molecular weight is 413 g/mol. The molecule has 29 heavy (non-hydrogen) atoms. The molecule has 0 radical (unpaired) electrons. The minimum absolute atomic E-state index is 0.0195. The van der Waals surface area contributed by atoms with Crippen molar-refractivity contribution in [2.45, 2.75) is 38.7 Å². The maximum Gasteiger partial charge on any atom is 0.270 e. The summed E-state index contributed by atoms with van der Waals surface area (Å²) in [5, 5.41) is 5.30. The Morgan fingerprint density at radius 3 is 3.07 bits per heavy atom. The molecular formula is C21H24N4O3S. The quantitative estimate of drug-likeness (QED) is 0.687. The summed E-state index contributed by atoms with van der Waals surface area (Å²) in [5.41, 5.74) is 2.71. The zero-order valence-electron chi connectivity index (χ0n) is 16.5. The SMILES string of the molecule is CC1(C)OCC(CNc2nc3c(s2)CN(C(=O)c2cc4ccccc4[nH]2)CC3)O1. The zero-order valence-corrected chi connectivity index (χ0v) is 17.3. The molecule has 7 nitrogen and oxygen atoms in total. The van der Waals surface area contributed by atoms with Crippen LogP contribution >= 0.6 is 11.3 Å². The smallest absolute Gasteiger partial charge is 0.270 e. The highest BCUT2D eigenvalue weighted by Gasteiger charge is 2.32. The van der Waals surface area contributed by atoms with Gasteiger partial charge in [-0.3, -0.25) is 4.79 Å². The van der Waals surface area contributed by atoms with E-state index in [4.69, 9.17) is 14.5 Å². The minimum Gasteiger partial charge on any atom is -0.359 e. The third-order valence-corrected chi connectivity index (χ3v) is 6.37. The lowest BCUT2D eigenvalue weighted by Crippen LogP contribution is -2.35. The Hall–Kier alpha value is -2.42. The number of carbonyl (C=O) groups excluding carboxylic acids is 1. The topological polar surface area (TPSA) is 79.5 Å². The van der Waals surface area contributed by atoms with Crippen LogP contribution in [0.1, 0.15) is 34.9 Å². The molecule has 0 aliphatic carbocycles. The maximum atomic E-state index is 13.0. The molecule has 2 aliphatic rings. The lowest BCUT2D eigenvalue weighted by Gasteiger charge is -2.25. The van der Waals surface area contributed by atoms with Gasteiger partial charge < -0.3 is 24.7 Å². The van der Waals surface area contributed by atoms with Crippen molar-refractivity contribution in [3.63, 3.8) is 0 Å². The highest BCUT2D eigenvalue weighted by atomic mass is 32.1. The molecular weight excluding hydrogens is 388 g/mol. The molecule has 152 valence electrons. The Kier molecular flexibility index (Phi) is 4.57. The summed E-state index contributed by atoms with van der Waals surface area (Å²) in [6.45, 7) is 6.37. The van der Waals surface area contributed by atoms with E-state index in [1.165, 1.54) is 0 Å². The first-order valence-corrected chi connectivity index (χ1v) is 10.7. The summed E-state index contributed by atoms with van der Waals surface area (Å²) in [7, 11) is 0. The number of nitrogens with one attached hydrogen (secondary N) is 2. The van der Waals surface area contributed by atoms with Gasteiger partial charge in [-0.2, -0.15) is 0 Å². The molecule has 1 fully saturated rings. The molecule has 0 bridgehead atoms. The van der Waals surface area contributed by atoms with Crippen molar-refractivity contribution in [1.82, 2.24) is 14.9 Å². The molecule has 1 atom stereocenters. The fraction of sp³-hybridized carbons (Fsp3) is 0.429. The summed E-state index contributed by atoms with van der Waals surface area (Å²) in [4.78, 5) is 24.0. The number of fused-ring (bicyclic) bond motifs is 2. The van der Waals surface area contributed by atoms with Gasteiger partial charge in [-0.15, -0.1) is 0 Å². The van der Waals surface area contributed by atoms with Crippen molar-refractivity contribution >= 4 is 33.3 Å². The van der Waals surface area contributed by atoms with Gasteiger partial charge in [-0.05, 0) is 26.0 Å². The molecule has 4 heterocycles. The van der Waals surface area contributed by atoms with Crippen LogP contribution in [-0.4, -0.2) is 52.4 Å². The van der Waals surface area contributed by atoms with E-state index >= 15 is 0 Å². The number of benzene rings is 1. The lowest BCUT2D eigenvalue weighted by atomic mass is 10.1. The van der Waals surface area contributed by atoms with E-state index in [1.807, 2.05) is 49.1 Å². The number of rotatable bonds is 4. The third-order valence-electron chi connectivity index (χ3n) is 5.33. The summed E-state index contributed by atoms with van der Waals surface area (Å²) < 4.78 is 11.4. The molecule has 1 amide bonds. The Balaban J connectivity index is 1.24. The number of anilines is 1. The molecule has 1 saturated heterocycles. The number of amides is 1. The summed E-state index contributed by atoms with van der Waals surface area (Å²) in [6, 6.07) is 9.88. The van der Waals surface area contributed by atoms with Gasteiger partial charge in [0.25, 0.3) is 5.91 Å². The summed E-state index contributed by atoms with van der Waals surface area (Å²) >= 11 is 1.62. The van der Waals surface area contributed by atoms with Crippen LogP contribution in [0, 0.1) is 0 Å². The highest BCUT2D eigenvalue weighted by molar-refractivity contribution is 7.15. The largest absolute Gasteiger partial charge is 0.359 e. The number of hydrogen-bond donors (Lipinski definition) is 2. The zero-order chi connectivity index (χ0) is 20.0. The molecule has 1 aromatic carbocycles. The van der Waals surface area contributed by atoms with E-state index in [2.05, 4.69) is 10.3 Å². The van der Waals surface area contributed by atoms with Crippen molar-refractivity contribution in [2.75, 3.05) is 25.0 Å². The van der Waals surface area contributed by atoms with Gasteiger partial charge in [0.1, 0.15) is 11.8 Å². The number of carbonyl (C=O) groups is 1. The number of ether oxygens (including phenoxy) is 2. The van der Waals surface area contributed by atoms with Crippen LogP contribution in [0.3, 0.4) is 0 Å². The van der Waals surface area contributed by atoms with Gasteiger partial charge in [-0.1, -0.05) is 29.5 Å². The number of aromatic nitrogens is 2. The fourth-order valence-corrected chi connectivity index (χ4v) is 4.90. The number of hydrogen-bond acceptors (Lipinski definition) is 6. The first-order chi connectivity index (χ1) is 14.0. The Morgan fingerprint density at radius 1 is 1.41 bits per heavy atom. The van der Waals surface area contributed by atoms with E-state index in [1.54, 1.807) is 11.3 Å². The molecule has 2 N–H and O–H groups in total. The van der Waals surface area contributed by atoms with Crippen LogP contribution in [0.4, 0.5) is 5.13 Å². The Labute approximate surface area is 173 Å². The van der Waals surface area contributed by atoms with Gasteiger partial charge in [0, 0.05) is 35.3 Å². The van der Waals surface area contributed by atoms with Gasteiger partial charge >= 0.3 is 0 Å². The van der Waals surface area contributed by atoms with E-state index in [9.17, 15) is 4.79 Å². The number of thiazole rings is 1. The van der Waals surface area contributed by atoms with E-state index in [-0.39, 0.29) is 12.0 Å².